The molecule has 2 aromatic rings. The van der Waals surface area contributed by atoms with Gasteiger partial charge in [0.2, 0.25) is 5.91 Å². The van der Waals surface area contributed by atoms with Crippen LogP contribution in [0.2, 0.25) is 5.02 Å². The molecule has 0 aromatic heterocycles. The van der Waals surface area contributed by atoms with Gasteiger partial charge in [-0.05, 0) is 23.3 Å². The van der Waals surface area contributed by atoms with Crippen molar-refractivity contribution >= 4 is 17.5 Å². The highest BCUT2D eigenvalue weighted by molar-refractivity contribution is 6.30. The number of hydrogen-bond donors (Lipinski definition) is 1. The van der Waals surface area contributed by atoms with E-state index in [1.54, 1.807) is 0 Å². The molecule has 0 saturated carbocycles. The Kier molecular flexibility index (Phi) is 7.06. The van der Waals surface area contributed by atoms with Gasteiger partial charge >= 0.3 is 0 Å². The SMILES string of the molecule is O=C(CCN1CCN(Cc2ccccc2)CC1)NCc1ccc(Cl)cc1. The second-order valence-electron chi connectivity index (χ2n) is 6.76. The Labute approximate surface area is 160 Å². The largest absolute Gasteiger partial charge is 0.352 e. The molecule has 4 nitrogen and oxygen atoms in total. The molecule has 138 valence electrons. The van der Waals surface area contributed by atoms with Gasteiger partial charge in [-0.2, -0.15) is 0 Å². The molecule has 0 bridgehead atoms. The third kappa shape index (κ3) is 6.13. The second kappa shape index (κ2) is 9.72. The predicted octanol–water partition coefficient (Wildman–Crippen LogP) is 3.16. The Morgan fingerprint density at radius 1 is 0.885 bits per heavy atom. The maximum Gasteiger partial charge on any atom is 0.221 e. The first-order valence-electron chi connectivity index (χ1n) is 9.19. The summed E-state index contributed by atoms with van der Waals surface area (Å²) in [5.74, 6) is 0.103. The van der Waals surface area contributed by atoms with Crippen LogP contribution in [0.3, 0.4) is 0 Å². The van der Waals surface area contributed by atoms with E-state index in [2.05, 4.69) is 45.4 Å². The standard InChI is InChI=1S/C21H26ClN3O/c22-20-8-6-18(7-9-20)16-23-21(26)10-11-24-12-14-25(15-13-24)17-19-4-2-1-3-5-19/h1-9H,10-17H2,(H,23,26). The maximum atomic E-state index is 12.1. The Morgan fingerprint density at radius 3 is 2.23 bits per heavy atom. The fourth-order valence-electron chi connectivity index (χ4n) is 3.16. The lowest BCUT2D eigenvalue weighted by Crippen LogP contribution is -2.46. The van der Waals surface area contributed by atoms with Gasteiger partial charge in [0.05, 0.1) is 0 Å². The van der Waals surface area contributed by atoms with Gasteiger partial charge in [0.1, 0.15) is 0 Å². The topological polar surface area (TPSA) is 35.6 Å². The number of hydrogen-bond acceptors (Lipinski definition) is 3. The molecule has 1 heterocycles. The second-order valence-corrected chi connectivity index (χ2v) is 7.19. The van der Waals surface area contributed by atoms with Crippen LogP contribution in [0.1, 0.15) is 17.5 Å². The number of carbonyl (C=O) groups excluding carboxylic acids is 1. The Morgan fingerprint density at radius 2 is 1.54 bits per heavy atom. The Balaban J connectivity index is 1.32. The average molecular weight is 372 g/mol. The zero-order valence-corrected chi connectivity index (χ0v) is 15.8. The van der Waals surface area contributed by atoms with Crippen molar-refractivity contribution in [1.29, 1.82) is 0 Å². The molecule has 5 heteroatoms. The molecule has 2 aromatic carbocycles. The van der Waals surface area contributed by atoms with E-state index in [1.807, 2.05) is 24.3 Å². The summed E-state index contributed by atoms with van der Waals surface area (Å²) in [4.78, 5) is 16.9. The summed E-state index contributed by atoms with van der Waals surface area (Å²) >= 11 is 5.87. The number of nitrogens with zero attached hydrogens (tertiary/aromatic N) is 2. The molecule has 1 aliphatic rings. The van der Waals surface area contributed by atoms with Gasteiger partial charge in [-0.3, -0.25) is 9.69 Å². The fraction of sp³-hybridized carbons (Fsp3) is 0.381. The van der Waals surface area contributed by atoms with Crippen molar-refractivity contribution in [3.63, 3.8) is 0 Å². The number of nitrogens with one attached hydrogen (secondary N) is 1. The van der Waals surface area contributed by atoms with E-state index in [4.69, 9.17) is 11.6 Å². The van der Waals surface area contributed by atoms with Crippen LogP contribution in [-0.2, 0) is 17.9 Å². The highest BCUT2D eigenvalue weighted by Crippen LogP contribution is 2.10. The monoisotopic (exact) mass is 371 g/mol. The number of benzene rings is 2. The third-order valence-corrected chi connectivity index (χ3v) is 5.02. The predicted molar refractivity (Wildman–Crippen MR) is 106 cm³/mol. The number of amides is 1. The molecule has 1 N–H and O–H groups in total. The van der Waals surface area contributed by atoms with Crippen molar-refractivity contribution < 1.29 is 4.79 Å². The van der Waals surface area contributed by atoms with Crippen molar-refractivity contribution in [2.24, 2.45) is 0 Å². The van der Waals surface area contributed by atoms with Gasteiger partial charge in [0.25, 0.3) is 0 Å². The normalized spacial score (nSPS) is 15.7. The average Bonchev–Trinajstić information content (AvgIpc) is 2.68. The van der Waals surface area contributed by atoms with E-state index < -0.39 is 0 Å². The number of carbonyl (C=O) groups is 1. The number of piperazine rings is 1. The van der Waals surface area contributed by atoms with Crippen molar-refractivity contribution in [1.82, 2.24) is 15.1 Å². The molecular weight excluding hydrogens is 346 g/mol. The molecule has 0 aliphatic carbocycles. The molecule has 0 unspecified atom stereocenters. The minimum absolute atomic E-state index is 0.103. The Hall–Kier alpha value is -1.88. The quantitative estimate of drug-likeness (QED) is 0.812. The van der Waals surface area contributed by atoms with Crippen LogP contribution < -0.4 is 5.32 Å². The van der Waals surface area contributed by atoms with Gasteiger partial charge in [0, 0.05) is 57.3 Å². The van der Waals surface area contributed by atoms with E-state index in [0.29, 0.717) is 18.0 Å². The first-order valence-corrected chi connectivity index (χ1v) is 9.56. The van der Waals surface area contributed by atoms with Crippen LogP contribution in [0.15, 0.2) is 54.6 Å². The van der Waals surface area contributed by atoms with E-state index in [1.165, 1.54) is 5.56 Å². The maximum absolute atomic E-state index is 12.1. The third-order valence-electron chi connectivity index (χ3n) is 4.77. The summed E-state index contributed by atoms with van der Waals surface area (Å²) in [7, 11) is 0. The van der Waals surface area contributed by atoms with Gasteiger partial charge in [0.15, 0.2) is 0 Å². The van der Waals surface area contributed by atoms with E-state index in [0.717, 1.165) is 44.8 Å². The molecule has 0 atom stereocenters. The van der Waals surface area contributed by atoms with E-state index in [9.17, 15) is 4.79 Å². The molecule has 1 aliphatic heterocycles. The number of rotatable bonds is 7. The lowest BCUT2D eigenvalue weighted by molar-refractivity contribution is -0.121. The Bertz CT molecular complexity index is 682. The molecule has 26 heavy (non-hydrogen) atoms. The molecule has 1 saturated heterocycles. The number of halogens is 1. The van der Waals surface area contributed by atoms with Crippen LogP contribution in [0.25, 0.3) is 0 Å². The molecular formula is C21H26ClN3O. The first-order chi connectivity index (χ1) is 12.7. The van der Waals surface area contributed by atoms with Crippen LogP contribution >= 0.6 is 11.6 Å². The first kappa shape index (κ1) is 18.9. The lowest BCUT2D eigenvalue weighted by atomic mass is 10.2. The van der Waals surface area contributed by atoms with Crippen molar-refractivity contribution in [2.45, 2.75) is 19.5 Å². The van der Waals surface area contributed by atoms with E-state index in [-0.39, 0.29) is 5.91 Å². The summed E-state index contributed by atoms with van der Waals surface area (Å²) in [6, 6.07) is 18.2. The molecule has 3 rings (SSSR count). The zero-order chi connectivity index (χ0) is 18.2. The molecule has 0 radical (unpaired) electrons. The van der Waals surface area contributed by atoms with Gasteiger partial charge < -0.3 is 10.2 Å². The van der Waals surface area contributed by atoms with Crippen molar-refractivity contribution in [3.8, 4) is 0 Å². The van der Waals surface area contributed by atoms with Gasteiger partial charge in [-0.25, -0.2) is 0 Å². The van der Waals surface area contributed by atoms with Crippen molar-refractivity contribution in [3.05, 3.63) is 70.7 Å². The highest BCUT2D eigenvalue weighted by atomic mass is 35.5. The summed E-state index contributed by atoms with van der Waals surface area (Å²) in [5.41, 5.74) is 2.43. The minimum Gasteiger partial charge on any atom is -0.352 e. The van der Waals surface area contributed by atoms with Crippen LogP contribution in [0.4, 0.5) is 0 Å². The van der Waals surface area contributed by atoms with Crippen LogP contribution in [-0.4, -0.2) is 48.4 Å². The smallest absolute Gasteiger partial charge is 0.221 e. The lowest BCUT2D eigenvalue weighted by Gasteiger charge is -2.34. The summed E-state index contributed by atoms with van der Waals surface area (Å²) in [6.45, 7) is 6.56. The summed E-state index contributed by atoms with van der Waals surface area (Å²) in [6.07, 6.45) is 0.548. The zero-order valence-electron chi connectivity index (χ0n) is 15.0. The summed E-state index contributed by atoms with van der Waals surface area (Å²) in [5, 5.41) is 3.69. The fourth-order valence-corrected chi connectivity index (χ4v) is 3.29. The minimum atomic E-state index is 0.103. The molecule has 1 fully saturated rings. The molecule has 0 spiro atoms. The summed E-state index contributed by atoms with van der Waals surface area (Å²) < 4.78 is 0. The van der Waals surface area contributed by atoms with Crippen molar-refractivity contribution in [2.75, 3.05) is 32.7 Å². The van der Waals surface area contributed by atoms with Crippen LogP contribution in [0, 0.1) is 0 Å². The molecule has 1 amide bonds. The van der Waals surface area contributed by atoms with E-state index >= 15 is 0 Å². The van der Waals surface area contributed by atoms with Gasteiger partial charge in [-0.1, -0.05) is 54.1 Å². The highest BCUT2D eigenvalue weighted by Gasteiger charge is 2.17. The van der Waals surface area contributed by atoms with Crippen LogP contribution in [0.5, 0.6) is 0 Å². The van der Waals surface area contributed by atoms with Gasteiger partial charge in [-0.15, -0.1) is 0 Å².